The molecule has 0 spiro atoms. The molecule has 1 aliphatic rings. The zero-order chi connectivity index (χ0) is 14.9. The second-order valence-electron chi connectivity index (χ2n) is 5.35. The van der Waals surface area contributed by atoms with E-state index in [1.165, 1.54) is 25.7 Å². The molecule has 4 nitrogen and oxygen atoms in total. The van der Waals surface area contributed by atoms with Gasteiger partial charge < -0.3 is 14.2 Å². The lowest BCUT2D eigenvalue weighted by atomic mass is 10.1. The van der Waals surface area contributed by atoms with E-state index in [4.69, 9.17) is 14.2 Å². The van der Waals surface area contributed by atoms with E-state index in [-0.39, 0.29) is 18.7 Å². The van der Waals surface area contributed by atoms with Gasteiger partial charge >= 0.3 is 5.97 Å². The summed E-state index contributed by atoms with van der Waals surface area (Å²) in [4.78, 5) is 11.7. The topological polar surface area (TPSA) is 44.8 Å². The maximum atomic E-state index is 11.7. The Morgan fingerprint density at radius 1 is 1.24 bits per heavy atom. The van der Waals surface area contributed by atoms with Gasteiger partial charge in [-0.1, -0.05) is 39.0 Å². The Kier molecular flexibility index (Phi) is 6.86. The monoisotopic (exact) mass is 312 g/mol. The molecule has 1 aromatic rings. The van der Waals surface area contributed by atoms with Crippen molar-refractivity contribution in [2.75, 3.05) is 13.2 Å². The van der Waals surface area contributed by atoms with E-state index in [9.17, 15) is 4.79 Å². The number of thiophene rings is 1. The summed E-state index contributed by atoms with van der Waals surface area (Å²) < 4.78 is 16.5. The van der Waals surface area contributed by atoms with Crippen molar-refractivity contribution >= 4 is 17.3 Å². The fourth-order valence-electron chi connectivity index (χ4n) is 2.25. The van der Waals surface area contributed by atoms with Crippen LogP contribution in [0.2, 0.25) is 0 Å². The van der Waals surface area contributed by atoms with Crippen LogP contribution < -0.4 is 9.47 Å². The second-order valence-corrected chi connectivity index (χ2v) is 6.10. The molecule has 0 aliphatic carbocycles. The van der Waals surface area contributed by atoms with E-state index in [0.717, 1.165) is 24.3 Å². The molecular weight excluding hydrogens is 288 g/mol. The van der Waals surface area contributed by atoms with Crippen molar-refractivity contribution in [3.05, 3.63) is 10.8 Å². The minimum atomic E-state index is -0.194. The Labute approximate surface area is 130 Å². The summed E-state index contributed by atoms with van der Waals surface area (Å²) in [6, 6.07) is 0. The van der Waals surface area contributed by atoms with E-state index < -0.39 is 0 Å². The van der Waals surface area contributed by atoms with Crippen LogP contribution in [0.4, 0.5) is 0 Å². The Bertz CT molecular complexity index is 430. The van der Waals surface area contributed by atoms with Crippen LogP contribution in [0.3, 0.4) is 0 Å². The molecule has 0 bridgehead atoms. The largest absolute Gasteiger partial charge is 0.485 e. The third kappa shape index (κ3) is 5.58. The normalized spacial score (nSPS) is 16.7. The Morgan fingerprint density at radius 3 is 2.86 bits per heavy atom. The highest BCUT2D eigenvalue weighted by atomic mass is 32.1. The number of carbonyl (C=O) groups excluding carboxylic acids is 1. The van der Waals surface area contributed by atoms with Crippen molar-refractivity contribution in [2.24, 2.45) is 0 Å². The number of fused-ring (bicyclic) bond motifs is 1. The summed E-state index contributed by atoms with van der Waals surface area (Å²) in [7, 11) is 0. The van der Waals surface area contributed by atoms with Crippen molar-refractivity contribution in [3.63, 3.8) is 0 Å². The van der Waals surface area contributed by atoms with Crippen LogP contribution in [0.25, 0.3) is 0 Å². The minimum Gasteiger partial charge on any atom is -0.485 e. The molecule has 0 saturated heterocycles. The van der Waals surface area contributed by atoms with Crippen LogP contribution in [0, 0.1) is 0 Å². The molecule has 5 heteroatoms. The first-order valence-electron chi connectivity index (χ1n) is 7.81. The fraction of sp³-hybridized carbons (Fsp3) is 0.688. The van der Waals surface area contributed by atoms with Gasteiger partial charge in [0, 0.05) is 17.2 Å². The van der Waals surface area contributed by atoms with E-state index in [2.05, 4.69) is 6.92 Å². The zero-order valence-electron chi connectivity index (χ0n) is 12.6. The van der Waals surface area contributed by atoms with Gasteiger partial charge in [-0.25, -0.2) is 0 Å². The van der Waals surface area contributed by atoms with Gasteiger partial charge in [0.25, 0.3) is 0 Å². The van der Waals surface area contributed by atoms with Gasteiger partial charge in [-0.2, -0.15) is 0 Å². The number of hydrogen-bond acceptors (Lipinski definition) is 5. The predicted octanol–water partition coefficient (Wildman–Crippen LogP) is 4.18. The van der Waals surface area contributed by atoms with Crippen molar-refractivity contribution in [2.45, 2.75) is 58.0 Å². The van der Waals surface area contributed by atoms with Gasteiger partial charge in [0.2, 0.25) is 0 Å². The molecule has 2 rings (SSSR count). The standard InChI is InChI=1S/C16H24O4S/c1-2-3-4-5-6-7-8-16(17)19-10-13-9-18-14-11-21-12-15(14)20-13/h11-13H,2-10H2,1H3. The molecule has 1 aromatic heterocycles. The molecule has 1 aliphatic heterocycles. The summed E-state index contributed by atoms with van der Waals surface area (Å²) in [5.74, 6) is 1.41. The first-order chi connectivity index (χ1) is 10.3. The SMILES string of the molecule is CCCCCCCCC(=O)OCC1COc2cscc2O1. The smallest absolute Gasteiger partial charge is 0.305 e. The van der Waals surface area contributed by atoms with Gasteiger partial charge in [-0.3, -0.25) is 4.79 Å². The van der Waals surface area contributed by atoms with Gasteiger partial charge in [-0.05, 0) is 6.42 Å². The molecule has 1 unspecified atom stereocenters. The molecule has 2 heterocycles. The molecule has 21 heavy (non-hydrogen) atoms. The second kappa shape index (κ2) is 8.93. The maximum absolute atomic E-state index is 11.7. The molecule has 1 atom stereocenters. The van der Waals surface area contributed by atoms with Gasteiger partial charge in [0.05, 0.1) is 0 Å². The summed E-state index contributed by atoms with van der Waals surface area (Å²) in [5.41, 5.74) is 0. The quantitative estimate of drug-likeness (QED) is 0.507. The lowest BCUT2D eigenvalue weighted by Gasteiger charge is -2.24. The lowest BCUT2D eigenvalue weighted by molar-refractivity contribution is -0.147. The Hall–Kier alpha value is -1.23. The summed E-state index contributed by atoms with van der Waals surface area (Å²) in [5, 5.41) is 3.82. The van der Waals surface area contributed by atoms with Crippen molar-refractivity contribution < 1.29 is 19.0 Å². The average molecular weight is 312 g/mol. The van der Waals surface area contributed by atoms with Gasteiger partial charge in [-0.15, -0.1) is 11.3 Å². The van der Waals surface area contributed by atoms with Crippen molar-refractivity contribution in [1.82, 2.24) is 0 Å². The third-order valence-corrected chi connectivity index (χ3v) is 4.18. The van der Waals surface area contributed by atoms with Crippen LogP contribution in [0.1, 0.15) is 51.9 Å². The molecular formula is C16H24O4S. The fourth-order valence-corrected chi connectivity index (χ4v) is 2.92. The van der Waals surface area contributed by atoms with Crippen molar-refractivity contribution in [3.8, 4) is 11.5 Å². The lowest BCUT2D eigenvalue weighted by Crippen LogP contribution is -2.33. The van der Waals surface area contributed by atoms with E-state index in [1.807, 2.05) is 10.8 Å². The number of ether oxygens (including phenoxy) is 3. The molecule has 118 valence electrons. The average Bonchev–Trinajstić information content (AvgIpc) is 2.96. The first kappa shape index (κ1) is 16.1. The Morgan fingerprint density at radius 2 is 2.00 bits per heavy atom. The molecule has 0 N–H and O–H groups in total. The van der Waals surface area contributed by atoms with E-state index in [1.54, 1.807) is 11.3 Å². The highest BCUT2D eigenvalue weighted by Gasteiger charge is 2.22. The van der Waals surface area contributed by atoms with Crippen LogP contribution in [-0.2, 0) is 9.53 Å². The number of carbonyl (C=O) groups is 1. The summed E-state index contributed by atoms with van der Waals surface area (Å²) in [6.07, 6.45) is 7.34. The first-order valence-corrected chi connectivity index (χ1v) is 8.75. The Balaban J connectivity index is 1.53. The van der Waals surface area contributed by atoms with E-state index in [0.29, 0.717) is 13.0 Å². The maximum Gasteiger partial charge on any atom is 0.305 e. The summed E-state index contributed by atoms with van der Waals surface area (Å²) >= 11 is 1.54. The van der Waals surface area contributed by atoms with Gasteiger partial charge in [0.1, 0.15) is 13.2 Å². The van der Waals surface area contributed by atoms with Crippen LogP contribution in [0.15, 0.2) is 10.8 Å². The third-order valence-electron chi connectivity index (χ3n) is 3.48. The number of hydrogen-bond donors (Lipinski definition) is 0. The van der Waals surface area contributed by atoms with Crippen LogP contribution in [0.5, 0.6) is 11.5 Å². The van der Waals surface area contributed by atoms with E-state index >= 15 is 0 Å². The highest BCUT2D eigenvalue weighted by molar-refractivity contribution is 7.08. The molecule has 0 saturated carbocycles. The minimum absolute atomic E-state index is 0.134. The molecule has 0 fully saturated rings. The zero-order valence-corrected chi connectivity index (χ0v) is 13.5. The van der Waals surface area contributed by atoms with Crippen molar-refractivity contribution in [1.29, 1.82) is 0 Å². The number of unbranched alkanes of at least 4 members (excludes halogenated alkanes) is 5. The number of esters is 1. The van der Waals surface area contributed by atoms with Crippen LogP contribution in [-0.4, -0.2) is 25.3 Å². The highest BCUT2D eigenvalue weighted by Crippen LogP contribution is 2.35. The van der Waals surface area contributed by atoms with Crippen LogP contribution >= 0.6 is 11.3 Å². The predicted molar refractivity (Wildman–Crippen MR) is 83.2 cm³/mol. The van der Waals surface area contributed by atoms with Gasteiger partial charge in [0.15, 0.2) is 17.6 Å². The molecule has 0 amide bonds. The summed E-state index contributed by atoms with van der Waals surface area (Å²) in [6.45, 7) is 2.91. The number of rotatable bonds is 9. The molecule has 0 radical (unpaired) electrons. The molecule has 0 aromatic carbocycles.